The van der Waals surface area contributed by atoms with Crippen molar-refractivity contribution < 1.29 is 23.2 Å². The molecule has 3 aromatic rings. The Bertz CT molecular complexity index is 890. The third kappa shape index (κ3) is 3.82. The number of esters is 1. The molecule has 6 nitrogen and oxygen atoms in total. The highest BCUT2D eigenvalue weighted by Crippen LogP contribution is 2.19. The van der Waals surface area contributed by atoms with Crippen LogP contribution in [-0.4, -0.2) is 23.2 Å². The molecule has 0 bridgehead atoms. The summed E-state index contributed by atoms with van der Waals surface area (Å²) in [4.78, 5) is 16.1. The van der Waals surface area contributed by atoms with Crippen LogP contribution in [0.5, 0.6) is 5.75 Å². The highest BCUT2D eigenvalue weighted by Gasteiger charge is 2.14. The van der Waals surface area contributed by atoms with Gasteiger partial charge in [-0.25, -0.2) is 9.18 Å². The molecule has 7 heteroatoms. The van der Waals surface area contributed by atoms with E-state index in [1.807, 2.05) is 31.2 Å². The summed E-state index contributed by atoms with van der Waals surface area (Å²) in [5.74, 6) is -0.733. The molecule has 1 aromatic heterocycles. The Hall–Kier alpha value is -3.22. The quantitative estimate of drug-likeness (QED) is 0.660. The molecular weight excluding hydrogens is 327 g/mol. The number of methoxy groups -OCH3 is 1. The van der Waals surface area contributed by atoms with E-state index in [0.29, 0.717) is 5.82 Å². The van der Waals surface area contributed by atoms with E-state index in [1.54, 1.807) is 0 Å². The van der Waals surface area contributed by atoms with Gasteiger partial charge in [-0.05, 0) is 25.1 Å². The lowest BCUT2D eigenvalue weighted by atomic mass is 10.1. The van der Waals surface area contributed by atoms with Gasteiger partial charge in [0.25, 0.3) is 5.89 Å². The molecule has 0 aliphatic rings. The van der Waals surface area contributed by atoms with Gasteiger partial charge in [-0.2, -0.15) is 4.98 Å². The largest absolute Gasteiger partial charge is 0.494 e. The molecular formula is C18H15FN2O4. The van der Waals surface area contributed by atoms with Crippen LogP contribution >= 0.6 is 0 Å². The van der Waals surface area contributed by atoms with Gasteiger partial charge in [-0.1, -0.05) is 35.0 Å². The average molecular weight is 342 g/mol. The Morgan fingerprint density at radius 3 is 2.64 bits per heavy atom. The molecule has 0 radical (unpaired) electrons. The van der Waals surface area contributed by atoms with Crippen LogP contribution in [0.2, 0.25) is 0 Å². The van der Waals surface area contributed by atoms with Gasteiger partial charge in [-0.3, -0.25) is 0 Å². The third-order valence-electron chi connectivity index (χ3n) is 3.49. The molecule has 1 heterocycles. The van der Waals surface area contributed by atoms with E-state index in [1.165, 1.54) is 19.2 Å². The van der Waals surface area contributed by atoms with Gasteiger partial charge in [0, 0.05) is 5.56 Å². The van der Waals surface area contributed by atoms with Gasteiger partial charge in [0.1, 0.15) is 0 Å². The summed E-state index contributed by atoms with van der Waals surface area (Å²) in [7, 11) is 1.34. The molecule has 0 aliphatic heterocycles. The predicted molar refractivity (Wildman–Crippen MR) is 86.5 cm³/mol. The van der Waals surface area contributed by atoms with Crippen molar-refractivity contribution in [3.05, 3.63) is 65.3 Å². The normalized spacial score (nSPS) is 10.5. The molecule has 0 atom stereocenters. The number of hydrogen-bond acceptors (Lipinski definition) is 6. The fraction of sp³-hybridized carbons (Fsp3) is 0.167. The van der Waals surface area contributed by atoms with Crippen molar-refractivity contribution in [2.24, 2.45) is 0 Å². The SMILES string of the molecule is COc1ccc(C(=O)OCc2nc(-c3ccc(C)cc3)no2)cc1F. The minimum absolute atomic E-state index is 0.0520. The number of aromatic nitrogens is 2. The highest BCUT2D eigenvalue weighted by atomic mass is 19.1. The zero-order valence-electron chi connectivity index (χ0n) is 13.7. The van der Waals surface area contributed by atoms with Crippen molar-refractivity contribution in [2.75, 3.05) is 7.11 Å². The van der Waals surface area contributed by atoms with Gasteiger partial charge in [0.05, 0.1) is 12.7 Å². The lowest BCUT2D eigenvalue weighted by molar-refractivity contribution is 0.0429. The van der Waals surface area contributed by atoms with E-state index in [-0.39, 0.29) is 23.8 Å². The average Bonchev–Trinajstić information content (AvgIpc) is 3.09. The van der Waals surface area contributed by atoms with E-state index >= 15 is 0 Å². The summed E-state index contributed by atoms with van der Waals surface area (Å²) in [6.07, 6.45) is 0. The molecule has 25 heavy (non-hydrogen) atoms. The fourth-order valence-corrected chi connectivity index (χ4v) is 2.14. The number of nitrogens with zero attached hydrogens (tertiary/aromatic N) is 2. The Kier molecular flexibility index (Phi) is 4.74. The summed E-state index contributed by atoms with van der Waals surface area (Å²) in [5.41, 5.74) is 1.98. The minimum Gasteiger partial charge on any atom is -0.494 e. The number of ether oxygens (including phenoxy) is 2. The van der Waals surface area contributed by atoms with Crippen LogP contribution in [0.3, 0.4) is 0 Å². The summed E-state index contributed by atoms with van der Waals surface area (Å²) in [6.45, 7) is 1.78. The van der Waals surface area contributed by atoms with Crippen LogP contribution in [0.25, 0.3) is 11.4 Å². The Labute approximate surface area is 143 Å². The highest BCUT2D eigenvalue weighted by molar-refractivity contribution is 5.89. The summed E-state index contributed by atoms with van der Waals surface area (Å²) in [6, 6.07) is 11.4. The molecule has 128 valence electrons. The first-order valence-electron chi connectivity index (χ1n) is 7.47. The van der Waals surface area contributed by atoms with Crippen molar-refractivity contribution in [2.45, 2.75) is 13.5 Å². The molecule has 2 aromatic carbocycles. The monoisotopic (exact) mass is 342 g/mol. The lowest BCUT2D eigenvalue weighted by Crippen LogP contribution is -2.06. The van der Waals surface area contributed by atoms with E-state index in [4.69, 9.17) is 14.0 Å². The fourth-order valence-electron chi connectivity index (χ4n) is 2.14. The standard InChI is InChI=1S/C18H15FN2O4/c1-11-3-5-12(6-4-11)17-20-16(25-21-17)10-24-18(22)13-7-8-15(23-2)14(19)9-13/h3-9H,10H2,1-2H3. The molecule has 0 saturated heterocycles. The first-order chi connectivity index (χ1) is 12.1. The predicted octanol–water partition coefficient (Wildman–Crippen LogP) is 3.55. The number of aryl methyl sites for hydroxylation is 1. The number of rotatable bonds is 5. The Balaban J connectivity index is 1.65. The van der Waals surface area contributed by atoms with Crippen LogP contribution < -0.4 is 4.74 Å². The van der Waals surface area contributed by atoms with Crippen LogP contribution in [0.4, 0.5) is 4.39 Å². The molecule has 0 fully saturated rings. The van der Waals surface area contributed by atoms with Gasteiger partial charge in [0.2, 0.25) is 5.82 Å². The summed E-state index contributed by atoms with van der Waals surface area (Å²) < 4.78 is 28.6. The van der Waals surface area contributed by atoms with Gasteiger partial charge in [0.15, 0.2) is 18.2 Å². The number of hydrogen-bond donors (Lipinski definition) is 0. The van der Waals surface area contributed by atoms with E-state index in [2.05, 4.69) is 10.1 Å². The first-order valence-corrected chi connectivity index (χ1v) is 7.47. The van der Waals surface area contributed by atoms with Crippen molar-refractivity contribution in [3.8, 4) is 17.1 Å². The molecule has 0 spiro atoms. The molecule has 0 amide bonds. The Morgan fingerprint density at radius 2 is 1.96 bits per heavy atom. The summed E-state index contributed by atoms with van der Waals surface area (Å²) >= 11 is 0. The second kappa shape index (κ2) is 7.12. The van der Waals surface area contributed by atoms with E-state index < -0.39 is 11.8 Å². The zero-order valence-corrected chi connectivity index (χ0v) is 13.7. The van der Waals surface area contributed by atoms with Crippen molar-refractivity contribution in [1.82, 2.24) is 10.1 Å². The topological polar surface area (TPSA) is 74.5 Å². The van der Waals surface area contributed by atoms with E-state index in [0.717, 1.165) is 17.2 Å². The van der Waals surface area contributed by atoms with Crippen LogP contribution in [-0.2, 0) is 11.3 Å². The van der Waals surface area contributed by atoms with Gasteiger partial charge < -0.3 is 14.0 Å². The number of carbonyl (C=O) groups is 1. The van der Waals surface area contributed by atoms with Crippen molar-refractivity contribution in [1.29, 1.82) is 0 Å². The lowest BCUT2D eigenvalue weighted by Gasteiger charge is -2.04. The smallest absolute Gasteiger partial charge is 0.338 e. The van der Waals surface area contributed by atoms with Crippen LogP contribution in [0.1, 0.15) is 21.8 Å². The number of benzene rings is 2. The number of halogens is 1. The molecule has 3 rings (SSSR count). The summed E-state index contributed by atoms with van der Waals surface area (Å²) in [5, 5.41) is 3.85. The number of carbonyl (C=O) groups excluding carboxylic acids is 1. The third-order valence-corrected chi connectivity index (χ3v) is 3.49. The first kappa shape index (κ1) is 16.6. The second-order valence-electron chi connectivity index (χ2n) is 5.30. The van der Waals surface area contributed by atoms with Crippen molar-refractivity contribution >= 4 is 5.97 Å². The van der Waals surface area contributed by atoms with Crippen LogP contribution in [0.15, 0.2) is 47.0 Å². The second-order valence-corrected chi connectivity index (χ2v) is 5.30. The minimum atomic E-state index is -0.698. The van der Waals surface area contributed by atoms with Crippen molar-refractivity contribution in [3.63, 3.8) is 0 Å². The molecule has 0 saturated carbocycles. The van der Waals surface area contributed by atoms with E-state index in [9.17, 15) is 9.18 Å². The molecule has 0 aliphatic carbocycles. The maximum atomic E-state index is 13.6. The zero-order chi connectivity index (χ0) is 17.8. The maximum Gasteiger partial charge on any atom is 0.338 e. The van der Waals surface area contributed by atoms with Gasteiger partial charge >= 0.3 is 5.97 Å². The van der Waals surface area contributed by atoms with Crippen LogP contribution in [0, 0.1) is 12.7 Å². The molecule has 0 unspecified atom stereocenters. The maximum absolute atomic E-state index is 13.6. The Morgan fingerprint density at radius 1 is 1.20 bits per heavy atom. The van der Waals surface area contributed by atoms with Gasteiger partial charge in [-0.15, -0.1) is 0 Å². The molecule has 0 N–H and O–H groups in total.